The van der Waals surface area contributed by atoms with Gasteiger partial charge in [0.2, 0.25) is 0 Å². The van der Waals surface area contributed by atoms with Crippen LogP contribution >= 0.6 is 11.8 Å². The zero-order chi connectivity index (χ0) is 13.0. The first kappa shape index (κ1) is 13.4. The van der Waals surface area contributed by atoms with Crippen LogP contribution in [-0.2, 0) is 0 Å². The van der Waals surface area contributed by atoms with Crippen molar-refractivity contribution < 1.29 is 4.92 Å². The number of non-ortho nitro benzene ring substituents is 1. The first-order valence-corrected chi connectivity index (χ1v) is 7.31. The predicted octanol–water partition coefficient (Wildman–Crippen LogP) is 3.14. The van der Waals surface area contributed by atoms with Crippen LogP contribution in [0.5, 0.6) is 0 Å². The van der Waals surface area contributed by atoms with Crippen molar-refractivity contribution in [2.45, 2.75) is 31.1 Å². The summed E-state index contributed by atoms with van der Waals surface area (Å²) in [4.78, 5) is 10.4. The molecule has 1 heterocycles. The number of hydrogen-bond acceptors (Lipinski definition) is 4. The summed E-state index contributed by atoms with van der Waals surface area (Å²) in [5, 5.41) is 14.9. The second kappa shape index (κ2) is 6.20. The molecule has 2 atom stereocenters. The lowest BCUT2D eigenvalue weighted by molar-refractivity contribution is -0.384. The largest absolute Gasteiger partial charge is 0.309 e. The number of nitro groups is 1. The molecule has 1 aromatic carbocycles. The smallest absolute Gasteiger partial charge is 0.269 e. The number of nitrogens with one attached hydrogen (secondary N) is 1. The van der Waals surface area contributed by atoms with Crippen molar-refractivity contribution in [2.24, 2.45) is 0 Å². The Morgan fingerprint density at radius 1 is 1.61 bits per heavy atom. The zero-order valence-electron chi connectivity index (χ0n) is 10.5. The minimum absolute atomic E-state index is 0.158. The highest BCUT2D eigenvalue weighted by Gasteiger charge is 2.17. The summed E-state index contributed by atoms with van der Waals surface area (Å²) in [6.45, 7) is 3.03. The van der Waals surface area contributed by atoms with Crippen LogP contribution in [0.25, 0.3) is 0 Å². The Morgan fingerprint density at radius 3 is 3.11 bits per heavy atom. The first-order valence-electron chi connectivity index (χ1n) is 6.26. The van der Waals surface area contributed by atoms with Gasteiger partial charge in [-0.2, -0.15) is 11.8 Å². The van der Waals surface area contributed by atoms with E-state index in [1.54, 1.807) is 12.1 Å². The van der Waals surface area contributed by atoms with Crippen molar-refractivity contribution >= 4 is 17.4 Å². The maximum Gasteiger partial charge on any atom is 0.269 e. The molecule has 1 aliphatic heterocycles. The van der Waals surface area contributed by atoms with Crippen LogP contribution in [0.1, 0.15) is 31.4 Å². The zero-order valence-corrected chi connectivity index (χ0v) is 11.3. The third-order valence-corrected chi connectivity index (χ3v) is 4.65. The van der Waals surface area contributed by atoms with Crippen LogP contribution < -0.4 is 5.32 Å². The molecule has 5 heteroatoms. The molecule has 0 bridgehead atoms. The van der Waals surface area contributed by atoms with Gasteiger partial charge in [0.25, 0.3) is 5.69 Å². The van der Waals surface area contributed by atoms with Gasteiger partial charge in [0.05, 0.1) is 4.92 Å². The lowest BCUT2D eigenvalue weighted by atomic mass is 10.1. The summed E-state index contributed by atoms with van der Waals surface area (Å²) in [6, 6.07) is 7.02. The molecule has 1 saturated heterocycles. The summed E-state index contributed by atoms with van der Waals surface area (Å²) >= 11 is 2.02. The van der Waals surface area contributed by atoms with E-state index in [1.165, 1.54) is 24.7 Å². The minimum atomic E-state index is -0.344. The van der Waals surface area contributed by atoms with Gasteiger partial charge in [-0.05, 0) is 31.1 Å². The minimum Gasteiger partial charge on any atom is -0.309 e. The van der Waals surface area contributed by atoms with Crippen molar-refractivity contribution in [3.8, 4) is 0 Å². The van der Waals surface area contributed by atoms with Gasteiger partial charge in [-0.1, -0.05) is 12.1 Å². The molecule has 1 aromatic rings. The van der Waals surface area contributed by atoms with E-state index in [1.807, 2.05) is 17.8 Å². The maximum atomic E-state index is 10.7. The summed E-state index contributed by atoms with van der Waals surface area (Å²) in [5.74, 6) is 1.26. The summed E-state index contributed by atoms with van der Waals surface area (Å²) in [5.41, 5.74) is 1.14. The Labute approximate surface area is 111 Å². The molecule has 0 amide bonds. The third-order valence-electron chi connectivity index (χ3n) is 3.26. The van der Waals surface area contributed by atoms with Gasteiger partial charge in [0.1, 0.15) is 0 Å². The number of rotatable bonds is 5. The van der Waals surface area contributed by atoms with Gasteiger partial charge < -0.3 is 5.32 Å². The van der Waals surface area contributed by atoms with E-state index in [0.717, 1.165) is 12.1 Å². The van der Waals surface area contributed by atoms with E-state index < -0.39 is 0 Å². The van der Waals surface area contributed by atoms with Crippen LogP contribution in [-0.4, -0.2) is 22.5 Å². The summed E-state index contributed by atoms with van der Waals surface area (Å²) < 4.78 is 0. The Hall–Kier alpha value is -1.07. The van der Waals surface area contributed by atoms with Gasteiger partial charge in [-0.3, -0.25) is 10.1 Å². The van der Waals surface area contributed by atoms with E-state index in [-0.39, 0.29) is 16.7 Å². The Morgan fingerprint density at radius 2 is 2.44 bits per heavy atom. The third kappa shape index (κ3) is 3.46. The van der Waals surface area contributed by atoms with E-state index in [2.05, 4.69) is 12.2 Å². The van der Waals surface area contributed by atoms with Gasteiger partial charge in [-0.15, -0.1) is 0 Å². The molecule has 0 aliphatic carbocycles. The molecule has 2 unspecified atom stereocenters. The Balaban J connectivity index is 1.93. The number of nitro benzene ring substituents is 1. The van der Waals surface area contributed by atoms with Gasteiger partial charge in [0, 0.05) is 30.0 Å². The van der Waals surface area contributed by atoms with Gasteiger partial charge >= 0.3 is 0 Å². The lowest BCUT2D eigenvalue weighted by Crippen LogP contribution is -2.26. The normalized spacial score (nSPS) is 20.8. The van der Waals surface area contributed by atoms with Crippen LogP contribution in [0.4, 0.5) is 5.69 Å². The fourth-order valence-electron chi connectivity index (χ4n) is 2.14. The fourth-order valence-corrected chi connectivity index (χ4v) is 3.35. The highest BCUT2D eigenvalue weighted by molar-refractivity contribution is 8.00. The van der Waals surface area contributed by atoms with E-state index in [4.69, 9.17) is 0 Å². The molecule has 1 aliphatic rings. The molecule has 2 rings (SSSR count). The highest BCUT2D eigenvalue weighted by Crippen LogP contribution is 2.26. The fraction of sp³-hybridized carbons (Fsp3) is 0.538. The summed E-state index contributed by atoms with van der Waals surface area (Å²) in [7, 11) is 0. The standard InChI is InChI=1S/C13H18N2O2S/c1-10(14-9-13-6-3-7-18-13)11-4-2-5-12(8-11)15(16)17/h2,4-5,8,10,13-14H,3,6-7,9H2,1H3. The molecule has 0 aromatic heterocycles. The van der Waals surface area contributed by atoms with Crippen LogP contribution in [0.2, 0.25) is 0 Å². The topological polar surface area (TPSA) is 55.2 Å². The van der Waals surface area contributed by atoms with E-state index in [0.29, 0.717) is 5.25 Å². The molecule has 0 spiro atoms. The maximum absolute atomic E-state index is 10.7. The number of benzene rings is 1. The molecule has 1 N–H and O–H groups in total. The van der Waals surface area contributed by atoms with Crippen LogP contribution in [0, 0.1) is 10.1 Å². The van der Waals surface area contributed by atoms with Gasteiger partial charge in [-0.25, -0.2) is 0 Å². The molecule has 1 fully saturated rings. The van der Waals surface area contributed by atoms with Crippen molar-refractivity contribution in [3.63, 3.8) is 0 Å². The Kier molecular flexibility index (Phi) is 4.60. The van der Waals surface area contributed by atoms with Crippen molar-refractivity contribution in [2.75, 3.05) is 12.3 Å². The number of thioether (sulfide) groups is 1. The molecule has 0 saturated carbocycles. The molecular weight excluding hydrogens is 248 g/mol. The van der Waals surface area contributed by atoms with Crippen molar-refractivity contribution in [1.82, 2.24) is 5.32 Å². The monoisotopic (exact) mass is 266 g/mol. The van der Waals surface area contributed by atoms with Crippen molar-refractivity contribution in [1.29, 1.82) is 0 Å². The molecule has 98 valence electrons. The average molecular weight is 266 g/mol. The van der Waals surface area contributed by atoms with Gasteiger partial charge in [0.15, 0.2) is 0 Å². The first-order chi connectivity index (χ1) is 8.66. The SMILES string of the molecule is CC(NCC1CCCS1)c1cccc([N+](=O)[O-])c1. The second-order valence-electron chi connectivity index (χ2n) is 4.62. The number of nitrogens with zero attached hydrogens (tertiary/aromatic N) is 1. The highest BCUT2D eigenvalue weighted by atomic mass is 32.2. The summed E-state index contributed by atoms with van der Waals surface area (Å²) in [6.07, 6.45) is 2.58. The molecular formula is C13H18N2O2S. The van der Waals surface area contributed by atoms with Crippen LogP contribution in [0.3, 0.4) is 0 Å². The van der Waals surface area contributed by atoms with Crippen molar-refractivity contribution in [3.05, 3.63) is 39.9 Å². The van der Waals surface area contributed by atoms with E-state index in [9.17, 15) is 10.1 Å². The quantitative estimate of drug-likeness (QED) is 0.657. The average Bonchev–Trinajstić information content (AvgIpc) is 2.89. The second-order valence-corrected chi connectivity index (χ2v) is 6.03. The molecule has 0 radical (unpaired) electrons. The lowest BCUT2D eigenvalue weighted by Gasteiger charge is -2.16. The van der Waals surface area contributed by atoms with Crippen LogP contribution in [0.15, 0.2) is 24.3 Å². The predicted molar refractivity (Wildman–Crippen MR) is 75.0 cm³/mol. The van der Waals surface area contributed by atoms with E-state index >= 15 is 0 Å². The molecule has 4 nitrogen and oxygen atoms in total. The Bertz CT molecular complexity index is 419. The number of hydrogen-bond donors (Lipinski definition) is 1. The molecule has 18 heavy (non-hydrogen) atoms.